The van der Waals surface area contributed by atoms with E-state index in [0.29, 0.717) is 6.42 Å². The van der Waals surface area contributed by atoms with Crippen molar-refractivity contribution >= 4 is 0 Å². The Bertz CT molecular complexity index is 532. The van der Waals surface area contributed by atoms with Gasteiger partial charge in [-0.2, -0.15) is 0 Å². The van der Waals surface area contributed by atoms with Gasteiger partial charge in [0.15, 0.2) is 0 Å². The van der Waals surface area contributed by atoms with E-state index in [9.17, 15) is 0 Å². The molecule has 1 nitrogen and oxygen atoms in total. The van der Waals surface area contributed by atoms with E-state index in [2.05, 4.69) is 30.0 Å². The van der Waals surface area contributed by atoms with Gasteiger partial charge in [0.05, 0.1) is 6.61 Å². The zero-order valence-electron chi connectivity index (χ0n) is 9.56. The smallest absolute Gasteiger partial charge is 0.0540 e. The van der Waals surface area contributed by atoms with Crippen LogP contribution in [-0.4, -0.2) is 11.7 Å². The predicted octanol–water partition coefficient (Wildman–Crippen LogP) is 3.09. The van der Waals surface area contributed by atoms with Gasteiger partial charge in [0.25, 0.3) is 0 Å². The van der Waals surface area contributed by atoms with Crippen LogP contribution in [0, 0.1) is 11.8 Å². The second kappa shape index (κ2) is 5.89. The van der Waals surface area contributed by atoms with Gasteiger partial charge in [-0.15, -0.1) is 0 Å². The monoisotopic (exact) mass is 222 g/mol. The first-order valence-corrected chi connectivity index (χ1v) is 5.66. The van der Waals surface area contributed by atoms with E-state index in [0.717, 1.165) is 11.1 Å². The molecule has 0 unspecified atom stereocenters. The highest BCUT2D eigenvalue weighted by atomic mass is 16.2. The van der Waals surface area contributed by atoms with Gasteiger partial charge in [0.1, 0.15) is 0 Å². The van der Waals surface area contributed by atoms with Crippen LogP contribution in [0.2, 0.25) is 0 Å². The number of rotatable bonds is 2. The van der Waals surface area contributed by atoms with Gasteiger partial charge in [0, 0.05) is 12.0 Å². The fourth-order valence-corrected chi connectivity index (χ4v) is 1.68. The van der Waals surface area contributed by atoms with Gasteiger partial charge >= 0.3 is 0 Å². The Hall–Kier alpha value is -2.04. The second-order valence-electron chi connectivity index (χ2n) is 3.69. The van der Waals surface area contributed by atoms with Crippen molar-refractivity contribution in [2.24, 2.45) is 0 Å². The van der Waals surface area contributed by atoms with Crippen molar-refractivity contribution < 1.29 is 5.11 Å². The molecule has 1 heteroatoms. The van der Waals surface area contributed by atoms with Gasteiger partial charge in [-0.25, -0.2) is 0 Å². The van der Waals surface area contributed by atoms with Crippen molar-refractivity contribution in [3.63, 3.8) is 0 Å². The van der Waals surface area contributed by atoms with Crippen molar-refractivity contribution in [2.75, 3.05) is 6.61 Å². The molecule has 17 heavy (non-hydrogen) atoms. The van der Waals surface area contributed by atoms with Crippen LogP contribution in [0.5, 0.6) is 0 Å². The first kappa shape index (κ1) is 11.4. The average Bonchev–Trinajstić information content (AvgIpc) is 2.41. The lowest BCUT2D eigenvalue weighted by Gasteiger charge is -2.03. The van der Waals surface area contributed by atoms with Gasteiger partial charge < -0.3 is 5.11 Å². The topological polar surface area (TPSA) is 20.2 Å². The predicted molar refractivity (Wildman–Crippen MR) is 70.5 cm³/mol. The number of aliphatic hydroxyl groups excluding tert-OH is 1. The Morgan fingerprint density at radius 1 is 0.882 bits per heavy atom. The molecule has 2 rings (SSSR count). The summed E-state index contributed by atoms with van der Waals surface area (Å²) in [6, 6.07) is 18.3. The Kier molecular flexibility index (Phi) is 3.96. The SMILES string of the molecule is OCCC#Cc1ccccc1-c1ccccc1. The molecule has 0 aromatic heterocycles. The summed E-state index contributed by atoms with van der Waals surface area (Å²) in [5.41, 5.74) is 3.31. The molecule has 0 aliphatic carbocycles. The molecular weight excluding hydrogens is 208 g/mol. The van der Waals surface area contributed by atoms with Crippen molar-refractivity contribution in [3.05, 3.63) is 60.2 Å². The zero-order chi connectivity index (χ0) is 11.9. The summed E-state index contributed by atoms with van der Waals surface area (Å²) in [5.74, 6) is 6.06. The highest BCUT2D eigenvalue weighted by Gasteiger charge is 2.00. The molecule has 0 saturated heterocycles. The standard InChI is InChI=1S/C16H14O/c17-13-7-6-11-15-10-4-5-12-16(15)14-8-2-1-3-9-14/h1-5,8-10,12,17H,7,13H2. The molecule has 2 aromatic carbocycles. The quantitative estimate of drug-likeness (QED) is 0.774. The summed E-state index contributed by atoms with van der Waals surface area (Å²) in [7, 11) is 0. The number of aliphatic hydroxyl groups is 1. The van der Waals surface area contributed by atoms with Crippen LogP contribution in [0.15, 0.2) is 54.6 Å². The molecule has 0 atom stereocenters. The Morgan fingerprint density at radius 3 is 2.35 bits per heavy atom. The molecule has 0 fully saturated rings. The Balaban J connectivity index is 2.39. The van der Waals surface area contributed by atoms with E-state index < -0.39 is 0 Å². The maximum Gasteiger partial charge on any atom is 0.0540 e. The fraction of sp³-hybridized carbons (Fsp3) is 0.125. The lowest BCUT2D eigenvalue weighted by atomic mass is 10.00. The summed E-state index contributed by atoms with van der Waals surface area (Å²) in [5, 5.41) is 8.73. The Morgan fingerprint density at radius 2 is 1.59 bits per heavy atom. The highest BCUT2D eigenvalue weighted by Crippen LogP contribution is 2.22. The minimum Gasteiger partial charge on any atom is -0.395 e. The maximum atomic E-state index is 8.73. The van der Waals surface area contributed by atoms with Crippen LogP contribution in [-0.2, 0) is 0 Å². The van der Waals surface area contributed by atoms with Crippen LogP contribution >= 0.6 is 0 Å². The average molecular weight is 222 g/mol. The molecule has 0 spiro atoms. The van der Waals surface area contributed by atoms with E-state index >= 15 is 0 Å². The molecule has 1 N–H and O–H groups in total. The Labute approximate surface area is 102 Å². The van der Waals surface area contributed by atoms with E-state index in [4.69, 9.17) is 5.11 Å². The van der Waals surface area contributed by atoms with E-state index in [1.54, 1.807) is 0 Å². The molecule has 0 saturated carbocycles. The summed E-state index contributed by atoms with van der Waals surface area (Å²) in [4.78, 5) is 0. The molecular formula is C16H14O. The van der Waals surface area contributed by atoms with Crippen LogP contribution in [0.4, 0.5) is 0 Å². The van der Waals surface area contributed by atoms with Gasteiger partial charge in [-0.05, 0) is 17.2 Å². The third-order valence-electron chi connectivity index (χ3n) is 2.47. The van der Waals surface area contributed by atoms with Gasteiger partial charge in [-0.3, -0.25) is 0 Å². The summed E-state index contributed by atoms with van der Waals surface area (Å²) >= 11 is 0. The summed E-state index contributed by atoms with van der Waals surface area (Å²) < 4.78 is 0. The molecule has 0 aliphatic rings. The normalized spacial score (nSPS) is 9.47. The van der Waals surface area contributed by atoms with E-state index in [1.807, 2.05) is 36.4 Å². The van der Waals surface area contributed by atoms with Crippen LogP contribution in [0.3, 0.4) is 0 Å². The molecule has 2 aromatic rings. The summed E-state index contributed by atoms with van der Waals surface area (Å²) in [6.07, 6.45) is 0.517. The number of benzene rings is 2. The second-order valence-corrected chi connectivity index (χ2v) is 3.69. The zero-order valence-corrected chi connectivity index (χ0v) is 9.56. The van der Waals surface area contributed by atoms with Crippen molar-refractivity contribution in [2.45, 2.75) is 6.42 Å². The molecule has 0 heterocycles. The first-order valence-electron chi connectivity index (χ1n) is 5.66. The summed E-state index contributed by atoms with van der Waals surface area (Å²) in [6.45, 7) is 0.112. The largest absolute Gasteiger partial charge is 0.395 e. The maximum absolute atomic E-state index is 8.73. The third kappa shape index (κ3) is 2.96. The number of hydrogen-bond acceptors (Lipinski definition) is 1. The lowest BCUT2D eigenvalue weighted by molar-refractivity contribution is 0.305. The molecule has 0 aliphatic heterocycles. The van der Waals surface area contributed by atoms with Crippen LogP contribution in [0.25, 0.3) is 11.1 Å². The number of hydrogen-bond donors (Lipinski definition) is 1. The minimum atomic E-state index is 0.112. The third-order valence-corrected chi connectivity index (χ3v) is 2.47. The van der Waals surface area contributed by atoms with Crippen molar-refractivity contribution in [1.29, 1.82) is 0 Å². The minimum absolute atomic E-state index is 0.112. The highest BCUT2D eigenvalue weighted by molar-refractivity contribution is 5.70. The molecule has 0 bridgehead atoms. The molecule has 84 valence electrons. The van der Waals surface area contributed by atoms with Crippen molar-refractivity contribution in [3.8, 4) is 23.0 Å². The fourth-order valence-electron chi connectivity index (χ4n) is 1.68. The van der Waals surface area contributed by atoms with E-state index in [-0.39, 0.29) is 6.61 Å². The van der Waals surface area contributed by atoms with Gasteiger partial charge in [-0.1, -0.05) is 60.4 Å². The van der Waals surface area contributed by atoms with Crippen LogP contribution < -0.4 is 0 Å². The molecule has 0 amide bonds. The molecule has 0 radical (unpaired) electrons. The van der Waals surface area contributed by atoms with E-state index in [1.165, 1.54) is 5.56 Å². The lowest BCUT2D eigenvalue weighted by Crippen LogP contribution is -1.84. The van der Waals surface area contributed by atoms with Crippen molar-refractivity contribution in [1.82, 2.24) is 0 Å². The first-order chi connectivity index (χ1) is 8.42. The van der Waals surface area contributed by atoms with Crippen LogP contribution in [0.1, 0.15) is 12.0 Å². The van der Waals surface area contributed by atoms with Gasteiger partial charge in [0.2, 0.25) is 0 Å².